The highest BCUT2D eigenvalue weighted by atomic mass is 16.6. The average molecular weight is 354 g/mol. The Morgan fingerprint density at radius 2 is 1.81 bits per heavy atom. The largest absolute Gasteiger partial charge is 0.458 e. The molecule has 0 radical (unpaired) electrons. The summed E-state index contributed by atoms with van der Waals surface area (Å²) in [4.78, 5) is 24.1. The van der Waals surface area contributed by atoms with Gasteiger partial charge in [-0.1, -0.05) is 19.4 Å². The van der Waals surface area contributed by atoms with Gasteiger partial charge in [0.05, 0.1) is 0 Å². The number of rotatable bonds is 0. The van der Waals surface area contributed by atoms with Crippen LogP contribution < -0.4 is 0 Å². The molecule has 0 aromatic rings. The van der Waals surface area contributed by atoms with Crippen LogP contribution in [-0.2, 0) is 14.3 Å². The van der Waals surface area contributed by atoms with Crippen LogP contribution in [0.15, 0.2) is 11.6 Å². The maximum absolute atomic E-state index is 12.1. The fourth-order valence-corrected chi connectivity index (χ4v) is 8.92. The van der Waals surface area contributed by atoms with Crippen molar-refractivity contribution in [2.24, 2.45) is 40.4 Å². The summed E-state index contributed by atoms with van der Waals surface area (Å²) in [6.45, 7) is 4.92. The second kappa shape index (κ2) is 4.64. The molecule has 1 spiro atoms. The lowest BCUT2D eigenvalue weighted by molar-refractivity contribution is -0.176. The highest BCUT2D eigenvalue weighted by molar-refractivity contribution is 5.91. The van der Waals surface area contributed by atoms with Gasteiger partial charge in [0.2, 0.25) is 0 Å². The zero-order chi connectivity index (χ0) is 17.9. The lowest BCUT2D eigenvalue weighted by Crippen LogP contribution is -2.56. The van der Waals surface area contributed by atoms with Gasteiger partial charge in [-0.3, -0.25) is 9.59 Å². The van der Waals surface area contributed by atoms with Crippen molar-refractivity contribution in [2.45, 2.75) is 77.2 Å². The van der Waals surface area contributed by atoms with Gasteiger partial charge in [0.15, 0.2) is 5.78 Å². The van der Waals surface area contributed by atoms with Gasteiger partial charge < -0.3 is 4.74 Å². The second-order valence-corrected chi connectivity index (χ2v) is 10.7. The Kier molecular flexibility index (Phi) is 2.84. The van der Waals surface area contributed by atoms with Gasteiger partial charge in [-0.25, -0.2) is 0 Å². The van der Waals surface area contributed by atoms with E-state index in [1.54, 1.807) is 0 Å². The Bertz CT molecular complexity index is 753. The van der Waals surface area contributed by atoms with Crippen molar-refractivity contribution in [2.75, 3.05) is 0 Å². The van der Waals surface area contributed by atoms with Crippen LogP contribution >= 0.6 is 0 Å². The summed E-state index contributed by atoms with van der Waals surface area (Å²) < 4.78 is 6.17. The predicted octanol–water partition coefficient (Wildman–Crippen LogP) is 4.45. The van der Waals surface area contributed by atoms with E-state index in [9.17, 15) is 9.59 Å². The molecule has 0 aromatic heterocycles. The van der Waals surface area contributed by atoms with E-state index in [0.29, 0.717) is 18.1 Å². The van der Waals surface area contributed by atoms with E-state index in [4.69, 9.17) is 4.74 Å². The van der Waals surface area contributed by atoms with Crippen LogP contribution in [0, 0.1) is 40.4 Å². The monoisotopic (exact) mass is 354 g/mol. The number of esters is 1. The molecule has 6 aliphatic rings. The third-order valence-corrected chi connectivity index (χ3v) is 10.1. The van der Waals surface area contributed by atoms with Gasteiger partial charge in [0.25, 0.3) is 0 Å². The van der Waals surface area contributed by atoms with Crippen molar-refractivity contribution in [1.82, 2.24) is 0 Å². The van der Waals surface area contributed by atoms with E-state index in [1.807, 2.05) is 6.08 Å². The van der Waals surface area contributed by atoms with E-state index in [-0.39, 0.29) is 22.4 Å². The molecular weight excluding hydrogens is 324 g/mol. The normalized spacial score (nSPS) is 57.0. The van der Waals surface area contributed by atoms with Crippen LogP contribution in [0.5, 0.6) is 0 Å². The maximum atomic E-state index is 12.1. The van der Waals surface area contributed by atoms with Crippen molar-refractivity contribution in [3.8, 4) is 0 Å². The van der Waals surface area contributed by atoms with E-state index in [2.05, 4.69) is 13.8 Å². The van der Waals surface area contributed by atoms with E-state index in [1.165, 1.54) is 31.3 Å². The molecule has 6 rings (SSSR count). The summed E-state index contributed by atoms with van der Waals surface area (Å²) in [5.41, 5.74) is 1.75. The third-order valence-electron chi connectivity index (χ3n) is 10.1. The summed E-state index contributed by atoms with van der Waals surface area (Å²) in [6.07, 6.45) is 11.5. The topological polar surface area (TPSA) is 43.4 Å². The number of ketones is 1. The summed E-state index contributed by atoms with van der Waals surface area (Å²) in [7, 11) is 0. The highest BCUT2D eigenvalue weighted by Gasteiger charge is 2.78. The average Bonchev–Trinajstić information content (AvgIpc) is 3.24. The molecule has 0 bridgehead atoms. The van der Waals surface area contributed by atoms with Gasteiger partial charge in [-0.05, 0) is 80.1 Å². The molecule has 3 heteroatoms. The SMILES string of the molecule is C[C@]12CCC(=O)C=C1CC[C@H]1[C@@H]3[C@@H]4C[C@@H]4[C@@]4(CCC(=O)O4)[C@@]3(C)CC[C@@H]12. The van der Waals surface area contributed by atoms with E-state index in [0.717, 1.165) is 49.4 Å². The van der Waals surface area contributed by atoms with E-state index >= 15 is 0 Å². The summed E-state index contributed by atoms with van der Waals surface area (Å²) >= 11 is 0. The molecule has 4 saturated carbocycles. The first kappa shape index (κ1) is 15.9. The summed E-state index contributed by atoms with van der Waals surface area (Å²) in [5.74, 6) is 4.04. The lowest BCUT2D eigenvalue weighted by Gasteiger charge is -2.60. The predicted molar refractivity (Wildman–Crippen MR) is 97.1 cm³/mol. The van der Waals surface area contributed by atoms with Crippen molar-refractivity contribution < 1.29 is 14.3 Å². The van der Waals surface area contributed by atoms with E-state index < -0.39 is 0 Å². The molecule has 5 aliphatic carbocycles. The molecule has 8 atom stereocenters. The Labute approximate surface area is 155 Å². The van der Waals surface area contributed by atoms with Gasteiger partial charge in [-0.15, -0.1) is 0 Å². The zero-order valence-electron chi connectivity index (χ0n) is 16.1. The minimum atomic E-state index is -0.135. The minimum Gasteiger partial charge on any atom is -0.458 e. The summed E-state index contributed by atoms with van der Waals surface area (Å²) in [5, 5.41) is 0. The first-order valence-electron chi connectivity index (χ1n) is 10.8. The first-order chi connectivity index (χ1) is 12.4. The van der Waals surface area contributed by atoms with Crippen molar-refractivity contribution in [3.05, 3.63) is 11.6 Å². The molecule has 1 saturated heterocycles. The lowest BCUT2D eigenvalue weighted by atomic mass is 9.45. The fraction of sp³-hybridized carbons (Fsp3) is 0.826. The van der Waals surface area contributed by atoms with Crippen LogP contribution in [0.25, 0.3) is 0 Å². The van der Waals surface area contributed by atoms with Crippen LogP contribution in [0.2, 0.25) is 0 Å². The number of hydrogen-bond donors (Lipinski definition) is 0. The molecule has 1 heterocycles. The molecule has 140 valence electrons. The van der Waals surface area contributed by atoms with Crippen LogP contribution in [0.4, 0.5) is 0 Å². The Balaban J connectivity index is 1.40. The second-order valence-electron chi connectivity index (χ2n) is 10.7. The van der Waals surface area contributed by atoms with Crippen molar-refractivity contribution >= 4 is 11.8 Å². The molecule has 0 N–H and O–H groups in total. The standard InChI is InChI=1S/C23H30O3/c1-21-8-5-14(24)11-13(21)3-4-15-17(21)6-9-22(2)20(15)16-12-18(16)23(22)10-7-19(25)26-23/h11,15-18,20H,3-10,12H2,1-2H3/t15-,16-,17+,18+,20-,21+,22+,23+/m1/s1. The molecule has 5 fully saturated rings. The van der Waals surface area contributed by atoms with Crippen LogP contribution in [0.1, 0.15) is 71.6 Å². The van der Waals surface area contributed by atoms with Gasteiger partial charge in [0, 0.05) is 24.2 Å². The van der Waals surface area contributed by atoms with Gasteiger partial charge >= 0.3 is 5.97 Å². The Morgan fingerprint density at radius 1 is 0.962 bits per heavy atom. The number of carbonyl (C=O) groups is 2. The van der Waals surface area contributed by atoms with Gasteiger partial charge in [-0.2, -0.15) is 0 Å². The highest BCUT2D eigenvalue weighted by Crippen LogP contribution is 2.79. The maximum Gasteiger partial charge on any atom is 0.306 e. The Morgan fingerprint density at radius 3 is 2.58 bits per heavy atom. The molecule has 0 aromatic carbocycles. The molecule has 1 aliphatic heterocycles. The molecule has 3 nitrogen and oxygen atoms in total. The number of ether oxygens (including phenoxy) is 1. The zero-order valence-corrected chi connectivity index (χ0v) is 16.1. The molecule has 26 heavy (non-hydrogen) atoms. The van der Waals surface area contributed by atoms with Crippen molar-refractivity contribution in [3.63, 3.8) is 0 Å². The number of hydrogen-bond acceptors (Lipinski definition) is 3. The molecular formula is C23H30O3. The number of carbonyl (C=O) groups excluding carboxylic acids is 2. The molecule has 0 unspecified atom stereocenters. The number of fused-ring (bicyclic) bond motifs is 9. The first-order valence-corrected chi connectivity index (χ1v) is 10.8. The van der Waals surface area contributed by atoms with Gasteiger partial charge in [0.1, 0.15) is 5.60 Å². The quantitative estimate of drug-likeness (QED) is 0.604. The number of allylic oxidation sites excluding steroid dienone is 1. The third kappa shape index (κ3) is 1.63. The fourth-order valence-electron chi connectivity index (χ4n) is 8.92. The Hall–Kier alpha value is -1.12. The van der Waals surface area contributed by atoms with Crippen LogP contribution in [0.3, 0.4) is 0 Å². The van der Waals surface area contributed by atoms with Crippen LogP contribution in [-0.4, -0.2) is 17.4 Å². The summed E-state index contributed by atoms with van der Waals surface area (Å²) in [6, 6.07) is 0. The van der Waals surface area contributed by atoms with Crippen molar-refractivity contribution in [1.29, 1.82) is 0 Å². The minimum absolute atomic E-state index is 0.0475. The smallest absolute Gasteiger partial charge is 0.306 e. The molecule has 0 amide bonds.